The highest BCUT2D eigenvalue weighted by Crippen LogP contribution is 2.38. The Labute approximate surface area is 127 Å². The second-order valence-electron chi connectivity index (χ2n) is 4.40. The predicted octanol–water partition coefficient (Wildman–Crippen LogP) is 0.382. The number of methoxy groups -OCH3 is 3. The van der Waals surface area contributed by atoms with Crippen molar-refractivity contribution >= 4 is 11.9 Å². The van der Waals surface area contributed by atoms with E-state index in [0.29, 0.717) is 22.8 Å². The lowest BCUT2D eigenvalue weighted by molar-refractivity contribution is -0.140. The van der Waals surface area contributed by atoms with Crippen molar-refractivity contribution < 1.29 is 34.0 Å². The first kappa shape index (κ1) is 17.6. The minimum Gasteiger partial charge on any atom is -0.493 e. The zero-order valence-electron chi connectivity index (χ0n) is 12.6. The van der Waals surface area contributed by atoms with E-state index in [4.69, 9.17) is 24.4 Å². The van der Waals surface area contributed by atoms with E-state index >= 15 is 0 Å². The molecule has 1 aromatic carbocycles. The van der Waals surface area contributed by atoms with Gasteiger partial charge in [0.25, 0.3) is 0 Å². The quantitative estimate of drug-likeness (QED) is 0.599. The fourth-order valence-electron chi connectivity index (χ4n) is 1.95. The van der Waals surface area contributed by atoms with E-state index in [9.17, 15) is 9.59 Å². The van der Waals surface area contributed by atoms with Crippen LogP contribution in [-0.4, -0.2) is 56.1 Å². The summed E-state index contributed by atoms with van der Waals surface area (Å²) in [5, 5.41) is 20.2. The molecule has 0 aromatic heterocycles. The summed E-state index contributed by atoms with van der Waals surface area (Å²) in [5.74, 6) is -1.07. The van der Waals surface area contributed by atoms with Crippen LogP contribution in [0.2, 0.25) is 0 Å². The van der Waals surface area contributed by atoms with Crippen LogP contribution in [0.3, 0.4) is 0 Å². The summed E-state index contributed by atoms with van der Waals surface area (Å²) < 4.78 is 15.6. The van der Waals surface area contributed by atoms with E-state index in [1.165, 1.54) is 21.3 Å². The van der Waals surface area contributed by atoms with Crippen LogP contribution in [0.15, 0.2) is 12.1 Å². The number of hydrogen-bond acceptors (Lipinski definition) is 6. The Bertz CT molecular complexity index is 519. The molecule has 0 saturated heterocycles. The minimum atomic E-state index is -1.14. The average Bonchev–Trinajstić information content (AvgIpc) is 2.49. The Morgan fingerprint density at radius 2 is 1.64 bits per heavy atom. The van der Waals surface area contributed by atoms with Crippen LogP contribution < -0.4 is 19.5 Å². The van der Waals surface area contributed by atoms with Gasteiger partial charge in [-0.15, -0.1) is 0 Å². The van der Waals surface area contributed by atoms with Gasteiger partial charge in [-0.1, -0.05) is 0 Å². The minimum absolute atomic E-state index is 0.0688. The van der Waals surface area contributed by atoms with Gasteiger partial charge < -0.3 is 24.4 Å². The van der Waals surface area contributed by atoms with E-state index in [2.05, 4.69) is 5.32 Å². The molecule has 8 nitrogen and oxygen atoms in total. The number of ether oxygens (including phenoxy) is 3. The van der Waals surface area contributed by atoms with Crippen molar-refractivity contribution in [2.24, 2.45) is 0 Å². The second kappa shape index (κ2) is 8.08. The first-order valence-electron chi connectivity index (χ1n) is 6.39. The SMILES string of the molecule is COc1cc(CC(NCC(=O)O)C(=O)O)cc(OC)c1OC. The molecule has 0 heterocycles. The molecule has 0 aliphatic rings. The molecule has 0 fully saturated rings. The van der Waals surface area contributed by atoms with Crippen LogP contribution in [0.25, 0.3) is 0 Å². The lowest BCUT2D eigenvalue weighted by Gasteiger charge is -2.17. The molecular formula is C14H19NO7. The van der Waals surface area contributed by atoms with Gasteiger partial charge in [0.2, 0.25) is 5.75 Å². The summed E-state index contributed by atoms with van der Waals surface area (Å²) in [7, 11) is 4.38. The molecule has 0 radical (unpaired) electrons. The van der Waals surface area contributed by atoms with Crippen LogP contribution in [0.1, 0.15) is 5.56 Å². The number of rotatable bonds is 9. The van der Waals surface area contributed by atoms with Gasteiger partial charge in [-0.3, -0.25) is 14.9 Å². The summed E-state index contributed by atoms with van der Waals surface area (Å²) in [6, 6.07) is 2.21. The highest BCUT2D eigenvalue weighted by atomic mass is 16.5. The van der Waals surface area contributed by atoms with Gasteiger partial charge in [0.15, 0.2) is 11.5 Å². The van der Waals surface area contributed by atoms with Crippen molar-refractivity contribution in [1.29, 1.82) is 0 Å². The van der Waals surface area contributed by atoms with Gasteiger partial charge in [-0.05, 0) is 24.1 Å². The summed E-state index contributed by atoms with van der Waals surface area (Å²) in [4.78, 5) is 21.8. The van der Waals surface area contributed by atoms with E-state index in [1.54, 1.807) is 12.1 Å². The Morgan fingerprint density at radius 1 is 1.09 bits per heavy atom. The summed E-state index contributed by atoms with van der Waals surface area (Å²) >= 11 is 0. The topological polar surface area (TPSA) is 114 Å². The molecule has 1 atom stereocenters. The van der Waals surface area contributed by atoms with Crippen LogP contribution in [0, 0.1) is 0 Å². The van der Waals surface area contributed by atoms with Crippen LogP contribution in [-0.2, 0) is 16.0 Å². The van der Waals surface area contributed by atoms with Crippen molar-refractivity contribution in [2.75, 3.05) is 27.9 Å². The molecule has 0 bridgehead atoms. The van der Waals surface area contributed by atoms with Crippen molar-refractivity contribution in [1.82, 2.24) is 5.32 Å². The van der Waals surface area contributed by atoms with Gasteiger partial charge in [0.05, 0.1) is 27.9 Å². The number of hydrogen-bond donors (Lipinski definition) is 3. The molecule has 0 aliphatic carbocycles. The molecule has 0 aliphatic heterocycles. The van der Waals surface area contributed by atoms with E-state index < -0.39 is 24.5 Å². The van der Waals surface area contributed by atoms with Gasteiger partial charge in [-0.25, -0.2) is 0 Å². The standard InChI is InChI=1S/C14H19NO7/c1-20-10-5-8(6-11(21-2)13(10)22-3)4-9(14(18)19)15-7-12(16)17/h5-6,9,15H,4,7H2,1-3H3,(H,16,17)(H,18,19). The predicted molar refractivity (Wildman–Crippen MR) is 76.9 cm³/mol. The number of benzene rings is 1. The summed E-state index contributed by atoms with van der Waals surface area (Å²) in [6.45, 7) is -0.443. The Balaban J connectivity index is 3.03. The van der Waals surface area contributed by atoms with E-state index in [0.717, 1.165) is 0 Å². The largest absolute Gasteiger partial charge is 0.493 e. The van der Waals surface area contributed by atoms with Gasteiger partial charge in [0.1, 0.15) is 6.04 Å². The lowest BCUT2D eigenvalue weighted by atomic mass is 10.0. The highest BCUT2D eigenvalue weighted by molar-refractivity contribution is 5.76. The Hall–Kier alpha value is -2.48. The van der Waals surface area contributed by atoms with Crippen molar-refractivity contribution in [3.05, 3.63) is 17.7 Å². The van der Waals surface area contributed by atoms with Crippen molar-refractivity contribution in [2.45, 2.75) is 12.5 Å². The van der Waals surface area contributed by atoms with Gasteiger partial charge in [-0.2, -0.15) is 0 Å². The molecule has 8 heteroatoms. The molecule has 1 aromatic rings. The van der Waals surface area contributed by atoms with Crippen LogP contribution in [0.5, 0.6) is 17.2 Å². The number of nitrogens with one attached hydrogen (secondary N) is 1. The van der Waals surface area contributed by atoms with E-state index in [1.807, 2.05) is 0 Å². The number of carbonyl (C=O) groups is 2. The third-order valence-electron chi connectivity index (χ3n) is 2.96. The molecule has 1 unspecified atom stereocenters. The maximum absolute atomic E-state index is 11.2. The first-order chi connectivity index (χ1) is 10.4. The normalized spacial score (nSPS) is 11.6. The molecule has 122 valence electrons. The zero-order chi connectivity index (χ0) is 16.7. The first-order valence-corrected chi connectivity index (χ1v) is 6.39. The maximum atomic E-state index is 11.2. The van der Waals surface area contributed by atoms with E-state index in [-0.39, 0.29) is 6.42 Å². The van der Waals surface area contributed by atoms with Crippen LogP contribution >= 0.6 is 0 Å². The zero-order valence-corrected chi connectivity index (χ0v) is 12.6. The molecule has 3 N–H and O–H groups in total. The Morgan fingerprint density at radius 3 is 2.00 bits per heavy atom. The smallest absolute Gasteiger partial charge is 0.321 e. The number of carboxylic acid groups (broad SMARTS) is 2. The molecule has 0 amide bonds. The fraction of sp³-hybridized carbons (Fsp3) is 0.429. The van der Waals surface area contributed by atoms with Gasteiger partial charge in [0, 0.05) is 0 Å². The molecule has 1 rings (SSSR count). The second-order valence-corrected chi connectivity index (χ2v) is 4.40. The van der Waals surface area contributed by atoms with Crippen LogP contribution in [0.4, 0.5) is 0 Å². The lowest BCUT2D eigenvalue weighted by Crippen LogP contribution is -2.41. The molecule has 0 saturated carbocycles. The number of carboxylic acids is 2. The fourth-order valence-corrected chi connectivity index (χ4v) is 1.95. The molecule has 0 spiro atoms. The van der Waals surface area contributed by atoms with Crippen molar-refractivity contribution in [3.8, 4) is 17.2 Å². The summed E-state index contributed by atoms with van der Waals surface area (Å²) in [6.07, 6.45) is 0.0688. The summed E-state index contributed by atoms with van der Waals surface area (Å²) in [5.41, 5.74) is 0.611. The highest BCUT2D eigenvalue weighted by Gasteiger charge is 2.21. The molecule has 22 heavy (non-hydrogen) atoms. The average molecular weight is 313 g/mol. The monoisotopic (exact) mass is 313 g/mol. The molecular weight excluding hydrogens is 294 g/mol. The number of aliphatic carboxylic acids is 2. The van der Waals surface area contributed by atoms with Crippen molar-refractivity contribution in [3.63, 3.8) is 0 Å². The third kappa shape index (κ3) is 4.52. The Kier molecular flexibility index (Phi) is 6.46. The third-order valence-corrected chi connectivity index (χ3v) is 2.96. The van der Waals surface area contributed by atoms with Gasteiger partial charge >= 0.3 is 11.9 Å². The maximum Gasteiger partial charge on any atom is 0.321 e.